The third-order valence-electron chi connectivity index (χ3n) is 3.64. The molecule has 0 aliphatic carbocycles. The van der Waals surface area contributed by atoms with Gasteiger partial charge in [-0.05, 0) is 52.3 Å². The average molecular weight is 440 g/mol. The molecule has 2 aromatic rings. The van der Waals surface area contributed by atoms with Crippen LogP contribution in [0.3, 0.4) is 0 Å². The van der Waals surface area contributed by atoms with Crippen molar-refractivity contribution in [2.45, 2.75) is 0 Å². The van der Waals surface area contributed by atoms with Crippen molar-refractivity contribution in [1.82, 2.24) is 0 Å². The van der Waals surface area contributed by atoms with Crippen LogP contribution in [0.1, 0.15) is 10.4 Å². The standard InChI is InChI=1S/C17H16Br2N2O2/c18-13-3-1-2-12(10-13)17(22)20-14-4-5-16(15(19)11-14)21-6-8-23-9-7-21/h1-5,10-11H,6-9H2,(H,20,22). The average Bonchev–Trinajstić information content (AvgIpc) is 2.56. The van der Waals surface area contributed by atoms with E-state index in [1.165, 1.54) is 0 Å². The minimum absolute atomic E-state index is 0.127. The molecule has 1 aliphatic heterocycles. The number of amides is 1. The van der Waals surface area contributed by atoms with Crippen LogP contribution in [0.15, 0.2) is 51.4 Å². The van der Waals surface area contributed by atoms with Crippen molar-refractivity contribution < 1.29 is 9.53 Å². The van der Waals surface area contributed by atoms with E-state index in [1.807, 2.05) is 30.3 Å². The first-order chi connectivity index (χ1) is 11.1. The number of hydrogen-bond acceptors (Lipinski definition) is 3. The van der Waals surface area contributed by atoms with Crippen molar-refractivity contribution in [1.29, 1.82) is 0 Å². The van der Waals surface area contributed by atoms with E-state index in [0.29, 0.717) is 5.56 Å². The molecule has 0 saturated carbocycles. The number of ether oxygens (including phenoxy) is 1. The predicted octanol–water partition coefficient (Wildman–Crippen LogP) is 4.30. The highest BCUT2D eigenvalue weighted by molar-refractivity contribution is 9.10. The molecule has 0 aromatic heterocycles. The van der Waals surface area contributed by atoms with E-state index in [2.05, 4.69) is 42.1 Å². The van der Waals surface area contributed by atoms with Gasteiger partial charge in [-0.1, -0.05) is 22.0 Å². The fourth-order valence-corrected chi connectivity index (χ4v) is 3.51. The van der Waals surface area contributed by atoms with Crippen molar-refractivity contribution in [2.24, 2.45) is 0 Å². The Kier molecular flexibility index (Phi) is 5.35. The molecule has 2 aromatic carbocycles. The number of carbonyl (C=O) groups is 1. The summed E-state index contributed by atoms with van der Waals surface area (Å²) in [6, 6.07) is 13.2. The summed E-state index contributed by atoms with van der Waals surface area (Å²) in [5.74, 6) is -0.127. The van der Waals surface area contributed by atoms with Gasteiger partial charge in [-0.15, -0.1) is 0 Å². The molecule has 0 unspecified atom stereocenters. The molecule has 0 radical (unpaired) electrons. The molecule has 1 aliphatic rings. The first kappa shape index (κ1) is 16.5. The van der Waals surface area contributed by atoms with E-state index in [-0.39, 0.29) is 5.91 Å². The van der Waals surface area contributed by atoms with Crippen LogP contribution in [-0.2, 0) is 4.74 Å². The molecule has 4 nitrogen and oxygen atoms in total. The van der Waals surface area contributed by atoms with Crippen LogP contribution in [0, 0.1) is 0 Å². The lowest BCUT2D eigenvalue weighted by atomic mass is 10.2. The number of carbonyl (C=O) groups excluding carboxylic acids is 1. The second kappa shape index (κ2) is 7.47. The summed E-state index contributed by atoms with van der Waals surface area (Å²) in [5.41, 5.74) is 2.50. The van der Waals surface area contributed by atoms with Crippen molar-refractivity contribution >= 4 is 49.1 Å². The number of anilines is 2. The topological polar surface area (TPSA) is 41.6 Å². The third-order valence-corrected chi connectivity index (χ3v) is 4.77. The second-order valence-corrected chi connectivity index (χ2v) is 7.00. The van der Waals surface area contributed by atoms with Gasteiger partial charge in [0.1, 0.15) is 0 Å². The molecule has 1 heterocycles. The summed E-state index contributed by atoms with van der Waals surface area (Å²) in [6.07, 6.45) is 0. The quantitative estimate of drug-likeness (QED) is 0.775. The minimum atomic E-state index is -0.127. The molecule has 1 amide bonds. The number of benzene rings is 2. The number of nitrogens with one attached hydrogen (secondary N) is 1. The fourth-order valence-electron chi connectivity index (χ4n) is 2.48. The highest BCUT2D eigenvalue weighted by Gasteiger charge is 2.15. The van der Waals surface area contributed by atoms with Gasteiger partial charge < -0.3 is 15.0 Å². The SMILES string of the molecule is O=C(Nc1ccc(N2CCOCC2)c(Br)c1)c1cccc(Br)c1. The molecular formula is C17H16Br2N2O2. The lowest BCUT2D eigenvalue weighted by molar-refractivity contribution is 0.102. The van der Waals surface area contributed by atoms with E-state index < -0.39 is 0 Å². The van der Waals surface area contributed by atoms with E-state index in [9.17, 15) is 4.79 Å². The van der Waals surface area contributed by atoms with E-state index in [1.54, 1.807) is 12.1 Å². The minimum Gasteiger partial charge on any atom is -0.378 e. The first-order valence-corrected chi connectivity index (χ1v) is 8.91. The molecule has 0 bridgehead atoms. The molecule has 23 heavy (non-hydrogen) atoms. The zero-order chi connectivity index (χ0) is 16.2. The van der Waals surface area contributed by atoms with E-state index in [0.717, 1.165) is 46.6 Å². The summed E-state index contributed by atoms with van der Waals surface area (Å²) in [7, 11) is 0. The lowest BCUT2D eigenvalue weighted by Gasteiger charge is -2.29. The maximum absolute atomic E-state index is 12.3. The first-order valence-electron chi connectivity index (χ1n) is 7.32. The molecule has 1 saturated heterocycles. The van der Waals surface area contributed by atoms with Crippen LogP contribution in [0.25, 0.3) is 0 Å². The number of hydrogen-bond donors (Lipinski definition) is 1. The highest BCUT2D eigenvalue weighted by atomic mass is 79.9. The van der Waals surface area contributed by atoms with Gasteiger partial charge in [-0.3, -0.25) is 4.79 Å². The number of rotatable bonds is 3. The molecule has 0 spiro atoms. The summed E-state index contributed by atoms with van der Waals surface area (Å²) < 4.78 is 7.23. The second-order valence-electron chi connectivity index (χ2n) is 5.23. The molecule has 1 fully saturated rings. The molecule has 0 atom stereocenters. The van der Waals surface area contributed by atoms with Gasteiger partial charge >= 0.3 is 0 Å². The molecular weight excluding hydrogens is 424 g/mol. The Bertz CT molecular complexity index is 715. The summed E-state index contributed by atoms with van der Waals surface area (Å²) in [4.78, 5) is 14.6. The molecule has 3 rings (SSSR count). The molecule has 6 heteroatoms. The fraction of sp³-hybridized carbons (Fsp3) is 0.235. The van der Waals surface area contributed by atoms with Crippen molar-refractivity contribution in [3.8, 4) is 0 Å². The van der Waals surface area contributed by atoms with Gasteiger partial charge in [0.25, 0.3) is 5.91 Å². The maximum atomic E-state index is 12.3. The number of halogens is 2. The van der Waals surface area contributed by atoms with Crippen molar-refractivity contribution in [2.75, 3.05) is 36.5 Å². The van der Waals surface area contributed by atoms with Gasteiger partial charge in [0.2, 0.25) is 0 Å². The normalized spacial score (nSPS) is 14.6. The van der Waals surface area contributed by atoms with Crippen LogP contribution < -0.4 is 10.2 Å². The van der Waals surface area contributed by atoms with Gasteiger partial charge in [0.05, 0.1) is 18.9 Å². The zero-order valence-electron chi connectivity index (χ0n) is 12.4. The Hall–Kier alpha value is -1.37. The van der Waals surface area contributed by atoms with Crippen LogP contribution in [0.4, 0.5) is 11.4 Å². The molecule has 120 valence electrons. The van der Waals surface area contributed by atoms with Gasteiger partial charge in [0.15, 0.2) is 0 Å². The largest absolute Gasteiger partial charge is 0.378 e. The maximum Gasteiger partial charge on any atom is 0.255 e. The monoisotopic (exact) mass is 438 g/mol. The highest BCUT2D eigenvalue weighted by Crippen LogP contribution is 2.30. The van der Waals surface area contributed by atoms with Gasteiger partial charge in [0, 0.05) is 33.3 Å². The Morgan fingerprint density at radius 3 is 2.57 bits per heavy atom. The summed E-state index contributed by atoms with van der Waals surface area (Å²) >= 11 is 6.98. The van der Waals surface area contributed by atoms with Gasteiger partial charge in [-0.2, -0.15) is 0 Å². The van der Waals surface area contributed by atoms with Crippen molar-refractivity contribution in [3.05, 3.63) is 57.0 Å². The lowest BCUT2D eigenvalue weighted by Crippen LogP contribution is -2.36. The number of nitrogens with zero attached hydrogens (tertiary/aromatic N) is 1. The van der Waals surface area contributed by atoms with Gasteiger partial charge in [-0.25, -0.2) is 0 Å². The smallest absolute Gasteiger partial charge is 0.255 e. The zero-order valence-corrected chi connectivity index (χ0v) is 15.6. The Morgan fingerprint density at radius 1 is 1.09 bits per heavy atom. The Morgan fingerprint density at radius 2 is 1.87 bits per heavy atom. The van der Waals surface area contributed by atoms with E-state index in [4.69, 9.17) is 4.74 Å². The van der Waals surface area contributed by atoms with Crippen molar-refractivity contribution in [3.63, 3.8) is 0 Å². The summed E-state index contributed by atoms with van der Waals surface area (Å²) in [5, 5.41) is 2.92. The van der Waals surface area contributed by atoms with Crippen LogP contribution in [-0.4, -0.2) is 32.2 Å². The van der Waals surface area contributed by atoms with Crippen LogP contribution in [0.2, 0.25) is 0 Å². The van der Waals surface area contributed by atoms with Crippen LogP contribution >= 0.6 is 31.9 Å². The number of morpholine rings is 1. The molecule has 1 N–H and O–H groups in total. The predicted molar refractivity (Wildman–Crippen MR) is 99.3 cm³/mol. The Balaban J connectivity index is 1.73. The summed E-state index contributed by atoms with van der Waals surface area (Å²) in [6.45, 7) is 3.24. The van der Waals surface area contributed by atoms with Crippen LogP contribution in [0.5, 0.6) is 0 Å². The Labute approximate surface area is 152 Å². The van der Waals surface area contributed by atoms with E-state index >= 15 is 0 Å². The third kappa shape index (κ3) is 4.13.